The highest BCUT2D eigenvalue weighted by molar-refractivity contribution is 6.37. The second-order valence-electron chi connectivity index (χ2n) is 3.56. The van der Waals surface area contributed by atoms with Crippen LogP contribution in [0.3, 0.4) is 0 Å². The van der Waals surface area contributed by atoms with E-state index in [4.69, 9.17) is 28.3 Å². The second-order valence-corrected chi connectivity index (χ2v) is 4.40. The topological polar surface area (TPSA) is 69.6 Å². The van der Waals surface area contributed by atoms with Gasteiger partial charge in [0.15, 0.2) is 0 Å². The van der Waals surface area contributed by atoms with E-state index in [2.05, 4.69) is 5.32 Å². The van der Waals surface area contributed by atoms with Gasteiger partial charge in [0.25, 0.3) is 0 Å². The van der Waals surface area contributed by atoms with Gasteiger partial charge in [-0.05, 0) is 19.1 Å². The Kier molecular flexibility index (Phi) is 4.81. The molecule has 2 N–H and O–H groups in total. The molecule has 18 heavy (non-hydrogen) atoms. The number of nitrogens with zero attached hydrogens (tertiary/aromatic N) is 1. The van der Waals surface area contributed by atoms with E-state index in [-0.39, 0.29) is 21.3 Å². The molecule has 2 amide bonds. The van der Waals surface area contributed by atoms with E-state index in [9.17, 15) is 9.59 Å². The first-order valence-corrected chi connectivity index (χ1v) is 5.86. The molecule has 0 aliphatic heterocycles. The summed E-state index contributed by atoms with van der Waals surface area (Å²) in [5.74, 6) is -1.21. The number of hydrogen-bond donors (Lipinski definition) is 2. The van der Waals surface area contributed by atoms with Gasteiger partial charge < -0.3 is 15.3 Å². The quantitative estimate of drug-likeness (QED) is 0.898. The molecule has 5 nitrogen and oxygen atoms in total. The molecule has 0 radical (unpaired) electrons. The van der Waals surface area contributed by atoms with Crippen LogP contribution in [-0.4, -0.2) is 35.6 Å². The van der Waals surface area contributed by atoms with E-state index in [1.54, 1.807) is 14.0 Å². The van der Waals surface area contributed by atoms with Crippen molar-refractivity contribution in [2.45, 2.75) is 6.92 Å². The summed E-state index contributed by atoms with van der Waals surface area (Å²) in [5, 5.41) is 11.8. The minimum absolute atomic E-state index is 0.0406. The average molecular weight is 291 g/mol. The van der Waals surface area contributed by atoms with Gasteiger partial charge >= 0.3 is 12.0 Å². The van der Waals surface area contributed by atoms with Crippen molar-refractivity contribution in [2.75, 3.05) is 18.9 Å². The predicted octanol–water partition coefficient (Wildman–Crippen LogP) is 3.18. The van der Waals surface area contributed by atoms with Crippen LogP contribution in [0.2, 0.25) is 10.0 Å². The van der Waals surface area contributed by atoms with Crippen LogP contribution in [0, 0.1) is 0 Å². The molecule has 1 rings (SSSR count). The van der Waals surface area contributed by atoms with Crippen LogP contribution in [0.15, 0.2) is 12.1 Å². The number of halogens is 2. The zero-order valence-corrected chi connectivity index (χ0v) is 11.3. The van der Waals surface area contributed by atoms with Crippen LogP contribution in [-0.2, 0) is 0 Å². The van der Waals surface area contributed by atoms with E-state index in [0.29, 0.717) is 6.54 Å². The number of benzene rings is 1. The number of hydrogen-bond acceptors (Lipinski definition) is 2. The van der Waals surface area contributed by atoms with Crippen molar-refractivity contribution in [1.82, 2.24) is 4.90 Å². The average Bonchev–Trinajstić information content (AvgIpc) is 2.30. The van der Waals surface area contributed by atoms with Gasteiger partial charge in [0.2, 0.25) is 0 Å². The molecular weight excluding hydrogens is 279 g/mol. The minimum atomic E-state index is -1.21. The smallest absolute Gasteiger partial charge is 0.337 e. The highest BCUT2D eigenvalue weighted by Crippen LogP contribution is 2.30. The summed E-state index contributed by atoms with van der Waals surface area (Å²) in [6.07, 6.45) is 0. The molecule has 0 spiro atoms. The van der Waals surface area contributed by atoms with Gasteiger partial charge in [-0.3, -0.25) is 0 Å². The molecule has 0 unspecified atom stereocenters. The van der Waals surface area contributed by atoms with E-state index < -0.39 is 12.0 Å². The first-order chi connectivity index (χ1) is 8.36. The lowest BCUT2D eigenvalue weighted by molar-refractivity contribution is 0.0698. The van der Waals surface area contributed by atoms with Crippen molar-refractivity contribution in [1.29, 1.82) is 0 Å². The van der Waals surface area contributed by atoms with Crippen LogP contribution < -0.4 is 5.32 Å². The number of amides is 2. The summed E-state index contributed by atoms with van der Waals surface area (Å²) < 4.78 is 0. The van der Waals surface area contributed by atoms with Gasteiger partial charge in [-0.25, -0.2) is 9.59 Å². The summed E-state index contributed by atoms with van der Waals surface area (Å²) in [6, 6.07) is 2.17. The van der Waals surface area contributed by atoms with Crippen LogP contribution in [0.25, 0.3) is 0 Å². The number of carboxylic acids is 1. The van der Waals surface area contributed by atoms with Crippen molar-refractivity contribution in [2.24, 2.45) is 0 Å². The number of rotatable bonds is 3. The molecule has 0 atom stereocenters. The number of anilines is 1. The Hall–Kier alpha value is -1.46. The van der Waals surface area contributed by atoms with Crippen LogP contribution in [0.5, 0.6) is 0 Å². The molecule has 0 saturated carbocycles. The fraction of sp³-hybridized carbons (Fsp3) is 0.273. The lowest BCUT2D eigenvalue weighted by Crippen LogP contribution is -2.31. The number of carbonyl (C=O) groups excluding carboxylic acids is 1. The summed E-state index contributed by atoms with van der Waals surface area (Å²) in [5.41, 5.74) is -0.107. The second kappa shape index (κ2) is 5.93. The molecule has 98 valence electrons. The van der Waals surface area contributed by atoms with Gasteiger partial charge in [0, 0.05) is 18.6 Å². The first-order valence-electron chi connectivity index (χ1n) is 5.11. The highest BCUT2D eigenvalue weighted by Gasteiger charge is 2.18. The lowest BCUT2D eigenvalue weighted by atomic mass is 10.2. The van der Waals surface area contributed by atoms with Crippen molar-refractivity contribution in [3.63, 3.8) is 0 Å². The lowest BCUT2D eigenvalue weighted by Gasteiger charge is -2.17. The Morgan fingerprint density at radius 2 is 2.00 bits per heavy atom. The largest absolute Gasteiger partial charge is 0.478 e. The molecule has 0 fully saturated rings. The minimum Gasteiger partial charge on any atom is -0.478 e. The fourth-order valence-corrected chi connectivity index (χ4v) is 1.76. The maximum absolute atomic E-state index is 11.7. The standard InChI is InChI=1S/C11H12Cl2N2O3/c1-3-15(2)11(18)14-9-7(10(16)17)4-6(12)5-8(9)13/h4-5H,3H2,1-2H3,(H,14,18)(H,16,17). The van der Waals surface area contributed by atoms with Crippen LogP contribution >= 0.6 is 23.2 Å². The van der Waals surface area contributed by atoms with E-state index in [0.717, 1.165) is 0 Å². The highest BCUT2D eigenvalue weighted by atomic mass is 35.5. The van der Waals surface area contributed by atoms with Crippen LogP contribution in [0.1, 0.15) is 17.3 Å². The number of nitrogens with one attached hydrogen (secondary N) is 1. The van der Waals surface area contributed by atoms with Gasteiger partial charge in [0.1, 0.15) is 0 Å². The van der Waals surface area contributed by atoms with E-state index >= 15 is 0 Å². The van der Waals surface area contributed by atoms with Crippen molar-refractivity contribution >= 4 is 40.9 Å². The fourth-order valence-electron chi connectivity index (χ4n) is 1.22. The van der Waals surface area contributed by atoms with Gasteiger partial charge in [0.05, 0.1) is 16.3 Å². The molecule has 1 aromatic rings. The maximum Gasteiger partial charge on any atom is 0.337 e. The van der Waals surface area contributed by atoms with Gasteiger partial charge in [-0.15, -0.1) is 0 Å². The molecule has 0 saturated heterocycles. The van der Waals surface area contributed by atoms with E-state index in [1.807, 2.05) is 0 Å². The molecule has 0 aliphatic rings. The normalized spacial score (nSPS) is 10.0. The summed E-state index contributed by atoms with van der Waals surface area (Å²) in [6.45, 7) is 2.28. The zero-order valence-electron chi connectivity index (χ0n) is 9.83. The molecule has 1 aromatic carbocycles. The first kappa shape index (κ1) is 14.6. The third-order valence-electron chi connectivity index (χ3n) is 2.34. The summed E-state index contributed by atoms with van der Waals surface area (Å²) >= 11 is 11.6. The van der Waals surface area contributed by atoms with Gasteiger partial charge in [-0.2, -0.15) is 0 Å². The third kappa shape index (κ3) is 3.27. The SMILES string of the molecule is CCN(C)C(=O)Nc1c(Cl)cc(Cl)cc1C(=O)O. The van der Waals surface area contributed by atoms with Crippen molar-refractivity contribution in [3.8, 4) is 0 Å². The molecule has 7 heteroatoms. The van der Waals surface area contributed by atoms with Gasteiger partial charge in [-0.1, -0.05) is 23.2 Å². The molecular formula is C11H12Cl2N2O3. The Morgan fingerprint density at radius 3 is 2.50 bits per heavy atom. The summed E-state index contributed by atoms with van der Waals surface area (Å²) in [4.78, 5) is 24.1. The van der Waals surface area contributed by atoms with E-state index in [1.165, 1.54) is 17.0 Å². The Labute approximate surface area is 114 Å². The van der Waals surface area contributed by atoms with Crippen molar-refractivity contribution < 1.29 is 14.7 Å². The third-order valence-corrected chi connectivity index (χ3v) is 2.85. The predicted molar refractivity (Wildman–Crippen MR) is 70.7 cm³/mol. The molecule has 0 bridgehead atoms. The number of aromatic carboxylic acids is 1. The Morgan fingerprint density at radius 1 is 1.39 bits per heavy atom. The molecule has 0 heterocycles. The maximum atomic E-state index is 11.7. The monoisotopic (exact) mass is 290 g/mol. The van der Waals surface area contributed by atoms with Crippen molar-refractivity contribution in [3.05, 3.63) is 27.7 Å². The summed E-state index contributed by atoms with van der Waals surface area (Å²) in [7, 11) is 1.58. The molecule has 0 aromatic heterocycles. The number of carboxylic acid groups (broad SMARTS) is 1. The molecule has 0 aliphatic carbocycles. The zero-order chi connectivity index (χ0) is 13.9. The Bertz CT molecular complexity index is 491. The van der Waals surface area contributed by atoms with Crippen LogP contribution in [0.4, 0.5) is 10.5 Å². The number of urea groups is 1. The Balaban J connectivity index is 3.15. The number of carbonyl (C=O) groups is 2.